The minimum absolute atomic E-state index is 0.142. The lowest BCUT2D eigenvalue weighted by Crippen LogP contribution is -2.34. The van der Waals surface area contributed by atoms with Gasteiger partial charge in [0, 0.05) is 25.4 Å². The smallest absolute Gasteiger partial charge is 0.129 e. The van der Waals surface area contributed by atoms with E-state index in [-0.39, 0.29) is 12.6 Å². The molecule has 1 unspecified atom stereocenters. The zero-order chi connectivity index (χ0) is 15.1. The van der Waals surface area contributed by atoms with Crippen LogP contribution in [0.3, 0.4) is 0 Å². The number of anilines is 1. The Morgan fingerprint density at radius 1 is 1.24 bits per heavy atom. The molecule has 0 fully saturated rings. The first-order valence-electron chi connectivity index (χ1n) is 7.02. The highest BCUT2D eigenvalue weighted by Crippen LogP contribution is 2.19. The van der Waals surface area contributed by atoms with E-state index in [0.717, 1.165) is 12.4 Å². The third-order valence-corrected chi connectivity index (χ3v) is 3.45. The molecule has 1 aromatic carbocycles. The maximum atomic E-state index is 9.19. The maximum Gasteiger partial charge on any atom is 0.129 e. The molecule has 0 radical (unpaired) electrons. The minimum atomic E-state index is 0.142. The first-order valence-corrected chi connectivity index (χ1v) is 7.02. The topological polar surface area (TPSA) is 60.1 Å². The molecular weight excluding hydrogens is 262 g/mol. The van der Waals surface area contributed by atoms with E-state index in [1.807, 2.05) is 24.3 Å². The van der Waals surface area contributed by atoms with Crippen molar-refractivity contribution in [1.82, 2.24) is 4.98 Å². The summed E-state index contributed by atoms with van der Waals surface area (Å²) < 4.78 is 0. The molecule has 2 aromatic rings. The van der Waals surface area contributed by atoms with Crippen molar-refractivity contribution in [2.75, 3.05) is 11.5 Å². The monoisotopic (exact) mass is 281 g/mol. The van der Waals surface area contributed by atoms with Gasteiger partial charge in [0.1, 0.15) is 11.9 Å². The lowest BCUT2D eigenvalue weighted by Gasteiger charge is -2.30. The Bertz CT molecular complexity index is 590. The van der Waals surface area contributed by atoms with Crippen molar-refractivity contribution < 1.29 is 5.11 Å². The summed E-state index contributed by atoms with van der Waals surface area (Å²) in [7, 11) is 0. The molecule has 1 N–H and O–H groups in total. The van der Waals surface area contributed by atoms with E-state index in [1.165, 1.54) is 5.56 Å². The van der Waals surface area contributed by atoms with Crippen molar-refractivity contribution in [3.8, 4) is 6.07 Å². The van der Waals surface area contributed by atoms with Gasteiger partial charge >= 0.3 is 0 Å². The Morgan fingerprint density at radius 3 is 2.57 bits per heavy atom. The zero-order valence-corrected chi connectivity index (χ0v) is 12.1. The lowest BCUT2D eigenvalue weighted by atomic mass is 10.1. The summed E-state index contributed by atoms with van der Waals surface area (Å²) in [5, 5.41) is 18.0. The van der Waals surface area contributed by atoms with Crippen molar-refractivity contribution in [3.63, 3.8) is 0 Å². The SMILES string of the molecule is CC(CCO)N(Cc1ccccc1)c1ccc(C#N)cn1. The summed E-state index contributed by atoms with van der Waals surface area (Å²) in [5.74, 6) is 0.818. The van der Waals surface area contributed by atoms with Crippen LogP contribution in [0, 0.1) is 11.3 Å². The molecular formula is C17H19N3O. The highest BCUT2D eigenvalue weighted by Gasteiger charge is 2.15. The van der Waals surface area contributed by atoms with Gasteiger partial charge < -0.3 is 10.0 Å². The lowest BCUT2D eigenvalue weighted by molar-refractivity contribution is 0.275. The fourth-order valence-corrected chi connectivity index (χ4v) is 2.21. The van der Waals surface area contributed by atoms with Crippen molar-refractivity contribution in [1.29, 1.82) is 5.26 Å². The molecule has 0 aliphatic heterocycles. The maximum absolute atomic E-state index is 9.19. The number of aliphatic hydroxyl groups is 1. The van der Waals surface area contributed by atoms with Gasteiger partial charge in [-0.3, -0.25) is 0 Å². The van der Waals surface area contributed by atoms with Crippen LogP contribution in [-0.2, 0) is 6.54 Å². The second kappa shape index (κ2) is 7.41. The molecule has 21 heavy (non-hydrogen) atoms. The molecule has 0 saturated carbocycles. The predicted octanol–water partition coefficient (Wildman–Crippen LogP) is 2.73. The average molecular weight is 281 g/mol. The van der Waals surface area contributed by atoms with E-state index in [4.69, 9.17) is 5.26 Å². The second-order valence-electron chi connectivity index (χ2n) is 4.99. The van der Waals surface area contributed by atoms with Gasteiger partial charge in [-0.05, 0) is 31.0 Å². The van der Waals surface area contributed by atoms with Gasteiger partial charge in [-0.15, -0.1) is 0 Å². The molecule has 1 aromatic heterocycles. The van der Waals surface area contributed by atoms with Crippen LogP contribution >= 0.6 is 0 Å². The van der Waals surface area contributed by atoms with Crippen molar-refractivity contribution in [2.24, 2.45) is 0 Å². The Labute approximate surface area is 125 Å². The molecule has 0 saturated heterocycles. The summed E-state index contributed by atoms with van der Waals surface area (Å²) in [5.41, 5.74) is 1.74. The highest BCUT2D eigenvalue weighted by atomic mass is 16.3. The number of hydrogen-bond acceptors (Lipinski definition) is 4. The number of benzene rings is 1. The summed E-state index contributed by atoms with van der Waals surface area (Å²) in [4.78, 5) is 6.52. The van der Waals surface area contributed by atoms with Crippen molar-refractivity contribution >= 4 is 5.82 Å². The molecule has 0 amide bonds. The molecule has 1 atom stereocenters. The predicted molar refractivity (Wildman–Crippen MR) is 82.7 cm³/mol. The standard InChI is InChI=1S/C17H19N3O/c1-14(9-10-21)20(13-15-5-3-2-4-6-15)17-8-7-16(11-18)12-19-17/h2-8,12,14,21H,9-10,13H2,1H3. The third-order valence-electron chi connectivity index (χ3n) is 3.45. The Balaban J connectivity index is 2.24. The van der Waals surface area contributed by atoms with E-state index in [1.54, 1.807) is 12.3 Å². The normalized spacial score (nSPS) is 11.7. The minimum Gasteiger partial charge on any atom is -0.396 e. The molecule has 2 rings (SSSR count). The van der Waals surface area contributed by atoms with Gasteiger partial charge in [0.25, 0.3) is 0 Å². The Kier molecular flexibility index (Phi) is 5.30. The molecule has 0 aliphatic rings. The van der Waals surface area contributed by atoms with Crippen LogP contribution in [0.15, 0.2) is 48.7 Å². The summed E-state index contributed by atoms with van der Waals surface area (Å²) in [6.45, 7) is 2.93. The van der Waals surface area contributed by atoms with Gasteiger partial charge in [0.15, 0.2) is 0 Å². The molecule has 4 heteroatoms. The summed E-state index contributed by atoms with van der Waals surface area (Å²) >= 11 is 0. The van der Waals surface area contributed by atoms with E-state index in [2.05, 4.69) is 35.0 Å². The Morgan fingerprint density at radius 2 is 2.00 bits per heavy atom. The molecule has 1 heterocycles. The fraction of sp³-hybridized carbons (Fsp3) is 0.294. The van der Waals surface area contributed by atoms with Crippen LogP contribution in [0.5, 0.6) is 0 Å². The van der Waals surface area contributed by atoms with Crippen LogP contribution in [0.1, 0.15) is 24.5 Å². The number of nitriles is 1. The first kappa shape index (κ1) is 15.0. The number of nitrogens with zero attached hydrogens (tertiary/aromatic N) is 3. The van der Waals surface area contributed by atoms with E-state index in [0.29, 0.717) is 12.0 Å². The summed E-state index contributed by atoms with van der Waals surface area (Å²) in [6.07, 6.45) is 2.26. The molecule has 0 spiro atoms. The second-order valence-corrected chi connectivity index (χ2v) is 4.99. The Hall–Kier alpha value is -2.38. The quantitative estimate of drug-likeness (QED) is 0.884. The van der Waals surface area contributed by atoms with Gasteiger partial charge in [-0.2, -0.15) is 5.26 Å². The van der Waals surface area contributed by atoms with Gasteiger partial charge in [0.05, 0.1) is 5.56 Å². The van der Waals surface area contributed by atoms with E-state index in [9.17, 15) is 5.11 Å². The molecule has 0 bridgehead atoms. The first-order chi connectivity index (χ1) is 10.2. The third kappa shape index (κ3) is 4.04. The number of hydrogen-bond donors (Lipinski definition) is 1. The fourth-order valence-electron chi connectivity index (χ4n) is 2.21. The summed E-state index contributed by atoms with van der Waals surface area (Å²) in [6, 6.07) is 16.0. The molecule has 0 aliphatic carbocycles. The van der Waals surface area contributed by atoms with E-state index < -0.39 is 0 Å². The van der Waals surface area contributed by atoms with Crippen LogP contribution in [0.2, 0.25) is 0 Å². The molecule has 4 nitrogen and oxygen atoms in total. The van der Waals surface area contributed by atoms with Gasteiger partial charge in [0.2, 0.25) is 0 Å². The number of rotatable bonds is 6. The zero-order valence-electron chi connectivity index (χ0n) is 12.1. The number of aromatic nitrogens is 1. The van der Waals surface area contributed by atoms with Gasteiger partial charge in [-0.25, -0.2) is 4.98 Å². The van der Waals surface area contributed by atoms with Crippen LogP contribution in [-0.4, -0.2) is 22.7 Å². The number of pyridine rings is 1. The highest BCUT2D eigenvalue weighted by molar-refractivity contribution is 5.43. The van der Waals surface area contributed by atoms with E-state index >= 15 is 0 Å². The number of aliphatic hydroxyl groups excluding tert-OH is 1. The van der Waals surface area contributed by atoms with Crippen LogP contribution < -0.4 is 4.90 Å². The van der Waals surface area contributed by atoms with Crippen molar-refractivity contribution in [2.45, 2.75) is 25.9 Å². The average Bonchev–Trinajstić information content (AvgIpc) is 2.54. The van der Waals surface area contributed by atoms with Crippen molar-refractivity contribution in [3.05, 3.63) is 59.8 Å². The largest absolute Gasteiger partial charge is 0.396 e. The van der Waals surface area contributed by atoms with Crippen LogP contribution in [0.4, 0.5) is 5.82 Å². The van der Waals surface area contributed by atoms with Crippen LogP contribution in [0.25, 0.3) is 0 Å². The molecule has 108 valence electrons. The van der Waals surface area contributed by atoms with Gasteiger partial charge in [-0.1, -0.05) is 30.3 Å².